The fourth-order valence-corrected chi connectivity index (χ4v) is 1.54. The molecule has 0 amide bonds. The van der Waals surface area contributed by atoms with E-state index in [1.54, 1.807) is 7.11 Å². The summed E-state index contributed by atoms with van der Waals surface area (Å²) in [6.07, 6.45) is 3.17. The van der Waals surface area contributed by atoms with Gasteiger partial charge in [0.15, 0.2) is 0 Å². The van der Waals surface area contributed by atoms with Gasteiger partial charge in [-0.15, -0.1) is 0 Å². The van der Waals surface area contributed by atoms with Gasteiger partial charge in [-0.1, -0.05) is 6.92 Å². The minimum Gasteiger partial charge on any atom is -0.389 e. The molecule has 1 aliphatic rings. The van der Waals surface area contributed by atoms with E-state index in [2.05, 4.69) is 12.2 Å². The number of nitrogens with one attached hydrogen (secondary N) is 1. The van der Waals surface area contributed by atoms with Gasteiger partial charge in [-0.25, -0.2) is 0 Å². The van der Waals surface area contributed by atoms with Crippen molar-refractivity contribution in [1.82, 2.24) is 5.32 Å². The van der Waals surface area contributed by atoms with Gasteiger partial charge in [0, 0.05) is 26.3 Å². The number of hydrogen-bond donors (Lipinski definition) is 2. The second kappa shape index (κ2) is 8.01. The van der Waals surface area contributed by atoms with Crippen molar-refractivity contribution in [2.45, 2.75) is 38.3 Å². The van der Waals surface area contributed by atoms with Crippen LogP contribution in [0.3, 0.4) is 0 Å². The molecule has 0 aromatic carbocycles. The average molecular weight is 231 g/mol. The summed E-state index contributed by atoms with van der Waals surface area (Å²) < 4.78 is 10.5. The van der Waals surface area contributed by atoms with Crippen LogP contribution in [0.2, 0.25) is 0 Å². The van der Waals surface area contributed by atoms with Crippen molar-refractivity contribution in [1.29, 1.82) is 0 Å². The molecular weight excluding hydrogens is 206 g/mol. The molecule has 4 nitrogen and oxygen atoms in total. The number of aliphatic hydroxyl groups excluding tert-OH is 1. The van der Waals surface area contributed by atoms with Gasteiger partial charge in [0.1, 0.15) is 0 Å². The monoisotopic (exact) mass is 231 g/mol. The van der Waals surface area contributed by atoms with Crippen molar-refractivity contribution in [3.05, 3.63) is 0 Å². The Hall–Kier alpha value is -0.160. The Morgan fingerprint density at radius 1 is 1.38 bits per heavy atom. The third kappa shape index (κ3) is 6.43. The number of ether oxygens (including phenoxy) is 2. The van der Waals surface area contributed by atoms with Gasteiger partial charge in [0.2, 0.25) is 0 Å². The SMILES string of the molecule is CCC(COC)NCC(O)COCC1CC1. The molecule has 96 valence electrons. The molecule has 1 rings (SSSR count). The third-order valence-electron chi connectivity index (χ3n) is 2.86. The second-order valence-electron chi connectivity index (χ2n) is 4.60. The first kappa shape index (κ1) is 13.9. The Kier molecular flexibility index (Phi) is 6.96. The maximum Gasteiger partial charge on any atom is 0.0897 e. The fourth-order valence-electron chi connectivity index (χ4n) is 1.54. The highest BCUT2D eigenvalue weighted by Gasteiger charge is 2.21. The summed E-state index contributed by atoms with van der Waals surface area (Å²) in [5.74, 6) is 0.761. The normalized spacial score (nSPS) is 19.7. The van der Waals surface area contributed by atoms with Crippen LogP contribution in [-0.4, -0.2) is 50.7 Å². The Morgan fingerprint density at radius 2 is 2.12 bits per heavy atom. The minimum absolute atomic E-state index is 0.322. The van der Waals surface area contributed by atoms with Crippen molar-refractivity contribution in [2.75, 3.05) is 33.5 Å². The first-order valence-corrected chi connectivity index (χ1v) is 6.24. The lowest BCUT2D eigenvalue weighted by Gasteiger charge is -2.18. The van der Waals surface area contributed by atoms with Gasteiger partial charge in [0.05, 0.1) is 19.3 Å². The summed E-state index contributed by atoms with van der Waals surface area (Å²) in [6, 6.07) is 0.322. The van der Waals surface area contributed by atoms with Crippen LogP contribution in [-0.2, 0) is 9.47 Å². The van der Waals surface area contributed by atoms with Gasteiger partial charge in [-0.05, 0) is 25.2 Å². The van der Waals surface area contributed by atoms with Gasteiger partial charge < -0.3 is 19.9 Å². The largest absolute Gasteiger partial charge is 0.389 e. The van der Waals surface area contributed by atoms with Crippen LogP contribution in [0, 0.1) is 5.92 Å². The fraction of sp³-hybridized carbons (Fsp3) is 1.00. The molecule has 0 saturated heterocycles. The predicted octanol–water partition coefficient (Wildman–Crippen LogP) is 0.788. The van der Waals surface area contributed by atoms with Crippen LogP contribution in [0.1, 0.15) is 26.2 Å². The molecule has 1 fully saturated rings. The van der Waals surface area contributed by atoms with Crippen LogP contribution < -0.4 is 5.32 Å². The van der Waals surface area contributed by atoms with Gasteiger partial charge in [-0.3, -0.25) is 0 Å². The Labute approximate surface area is 98.3 Å². The zero-order valence-corrected chi connectivity index (χ0v) is 10.4. The quantitative estimate of drug-likeness (QED) is 0.583. The molecule has 1 saturated carbocycles. The van der Waals surface area contributed by atoms with Crippen molar-refractivity contribution >= 4 is 0 Å². The predicted molar refractivity (Wildman–Crippen MR) is 63.5 cm³/mol. The van der Waals surface area contributed by atoms with E-state index in [0.29, 0.717) is 25.8 Å². The maximum atomic E-state index is 9.67. The lowest BCUT2D eigenvalue weighted by atomic mass is 10.2. The average Bonchev–Trinajstić information content (AvgIpc) is 3.08. The molecule has 0 aromatic heterocycles. The molecule has 4 heteroatoms. The lowest BCUT2D eigenvalue weighted by molar-refractivity contribution is 0.0294. The summed E-state index contributed by atoms with van der Waals surface area (Å²) in [6.45, 7) is 4.62. The molecule has 0 aliphatic heterocycles. The van der Waals surface area contributed by atoms with E-state index < -0.39 is 6.10 Å². The van der Waals surface area contributed by atoms with Gasteiger partial charge in [-0.2, -0.15) is 0 Å². The zero-order chi connectivity index (χ0) is 11.8. The van der Waals surface area contributed by atoms with Crippen LogP contribution in [0.25, 0.3) is 0 Å². The third-order valence-corrected chi connectivity index (χ3v) is 2.86. The van der Waals surface area contributed by atoms with Gasteiger partial charge in [0.25, 0.3) is 0 Å². The van der Waals surface area contributed by atoms with Crippen molar-refractivity contribution in [2.24, 2.45) is 5.92 Å². The van der Waals surface area contributed by atoms with Crippen molar-refractivity contribution in [3.63, 3.8) is 0 Å². The Morgan fingerprint density at radius 3 is 2.69 bits per heavy atom. The van der Waals surface area contributed by atoms with E-state index >= 15 is 0 Å². The molecule has 0 bridgehead atoms. The van der Waals surface area contributed by atoms with Crippen molar-refractivity contribution in [3.8, 4) is 0 Å². The standard InChI is InChI=1S/C12H25NO3/c1-3-11(8-15-2)13-6-12(14)9-16-7-10-4-5-10/h10-14H,3-9H2,1-2H3. The van der Waals surface area contributed by atoms with E-state index in [4.69, 9.17) is 9.47 Å². The first-order chi connectivity index (χ1) is 7.76. The van der Waals surface area contributed by atoms with E-state index in [1.807, 2.05) is 0 Å². The van der Waals surface area contributed by atoms with E-state index in [-0.39, 0.29) is 0 Å². The highest BCUT2D eigenvalue weighted by atomic mass is 16.5. The molecular formula is C12H25NO3. The molecule has 2 N–H and O–H groups in total. The molecule has 0 radical (unpaired) electrons. The Balaban J connectivity index is 1.96. The molecule has 0 aromatic rings. The van der Waals surface area contributed by atoms with Crippen LogP contribution in [0.5, 0.6) is 0 Å². The molecule has 0 spiro atoms. The molecule has 2 unspecified atom stereocenters. The Bertz CT molecular complexity index is 174. The summed E-state index contributed by atoms with van der Waals surface area (Å²) in [5, 5.41) is 12.9. The lowest BCUT2D eigenvalue weighted by Crippen LogP contribution is -2.39. The highest BCUT2D eigenvalue weighted by Crippen LogP contribution is 2.28. The highest BCUT2D eigenvalue weighted by molar-refractivity contribution is 4.73. The van der Waals surface area contributed by atoms with E-state index in [1.165, 1.54) is 12.8 Å². The van der Waals surface area contributed by atoms with E-state index in [0.717, 1.165) is 18.9 Å². The second-order valence-corrected chi connectivity index (χ2v) is 4.60. The summed E-state index contributed by atoms with van der Waals surface area (Å²) >= 11 is 0. The number of aliphatic hydroxyl groups is 1. The minimum atomic E-state index is -0.412. The smallest absolute Gasteiger partial charge is 0.0897 e. The van der Waals surface area contributed by atoms with Crippen LogP contribution in [0.4, 0.5) is 0 Å². The number of hydrogen-bond acceptors (Lipinski definition) is 4. The maximum absolute atomic E-state index is 9.67. The van der Waals surface area contributed by atoms with Gasteiger partial charge >= 0.3 is 0 Å². The number of methoxy groups -OCH3 is 1. The molecule has 0 heterocycles. The summed E-state index contributed by atoms with van der Waals surface area (Å²) in [4.78, 5) is 0. The van der Waals surface area contributed by atoms with Crippen molar-refractivity contribution < 1.29 is 14.6 Å². The topological polar surface area (TPSA) is 50.7 Å². The molecule has 2 atom stereocenters. The van der Waals surface area contributed by atoms with Crippen LogP contribution in [0.15, 0.2) is 0 Å². The molecule has 16 heavy (non-hydrogen) atoms. The summed E-state index contributed by atoms with van der Waals surface area (Å²) in [5.41, 5.74) is 0. The first-order valence-electron chi connectivity index (χ1n) is 6.24. The summed E-state index contributed by atoms with van der Waals surface area (Å²) in [7, 11) is 1.69. The van der Waals surface area contributed by atoms with Crippen LogP contribution >= 0.6 is 0 Å². The molecule has 1 aliphatic carbocycles. The number of rotatable bonds is 10. The van der Waals surface area contributed by atoms with E-state index in [9.17, 15) is 5.11 Å². The zero-order valence-electron chi connectivity index (χ0n) is 10.4.